The van der Waals surface area contributed by atoms with Crippen LogP contribution >= 0.6 is 0 Å². The third-order valence-electron chi connectivity index (χ3n) is 3.69. The van der Waals surface area contributed by atoms with Crippen molar-refractivity contribution < 1.29 is 15.0 Å². The van der Waals surface area contributed by atoms with E-state index in [-0.39, 0.29) is 0 Å². The smallest absolute Gasteiger partial charge is 0.314 e. The maximum atomic E-state index is 11.2. The van der Waals surface area contributed by atoms with E-state index in [9.17, 15) is 15.0 Å². The van der Waals surface area contributed by atoms with Gasteiger partial charge in [-0.05, 0) is 50.7 Å². The van der Waals surface area contributed by atoms with Gasteiger partial charge < -0.3 is 10.2 Å². The van der Waals surface area contributed by atoms with Gasteiger partial charge >= 0.3 is 5.97 Å². The predicted molar refractivity (Wildman–Crippen MR) is 69.6 cm³/mol. The molecule has 0 aromatic heterocycles. The van der Waals surface area contributed by atoms with Crippen LogP contribution in [0.1, 0.15) is 44.2 Å². The average Bonchev–Trinajstić information content (AvgIpc) is 3.07. The molecule has 3 nitrogen and oxygen atoms in total. The summed E-state index contributed by atoms with van der Waals surface area (Å²) < 4.78 is 0. The second-order valence-electron chi connectivity index (χ2n) is 5.90. The number of aliphatic hydroxyl groups is 1. The van der Waals surface area contributed by atoms with E-state index in [4.69, 9.17) is 0 Å². The fourth-order valence-electron chi connectivity index (χ4n) is 2.19. The normalized spacial score (nSPS) is 17.5. The number of hydrogen-bond acceptors (Lipinski definition) is 2. The molecule has 0 bridgehead atoms. The minimum absolute atomic E-state index is 0.616. The SMILES string of the molecule is CC(C)(O)CCc1ccc(C2(C(=O)O)CC2)cc1. The van der Waals surface area contributed by atoms with Gasteiger partial charge in [0.1, 0.15) is 0 Å². The largest absolute Gasteiger partial charge is 0.481 e. The summed E-state index contributed by atoms with van der Waals surface area (Å²) in [6.07, 6.45) is 3.00. The first-order valence-corrected chi connectivity index (χ1v) is 6.39. The predicted octanol–water partition coefficient (Wildman–Crippen LogP) is 2.51. The summed E-state index contributed by atoms with van der Waals surface area (Å²) >= 11 is 0. The quantitative estimate of drug-likeness (QED) is 0.841. The van der Waals surface area contributed by atoms with E-state index in [1.54, 1.807) is 13.8 Å². The van der Waals surface area contributed by atoms with Crippen LogP contribution in [-0.2, 0) is 16.6 Å². The van der Waals surface area contributed by atoms with Crippen LogP contribution in [0.15, 0.2) is 24.3 Å². The number of carboxylic acid groups (broad SMARTS) is 1. The molecule has 1 aliphatic rings. The van der Waals surface area contributed by atoms with Crippen LogP contribution in [0.4, 0.5) is 0 Å². The highest BCUT2D eigenvalue weighted by Crippen LogP contribution is 2.48. The van der Waals surface area contributed by atoms with Crippen LogP contribution in [0.5, 0.6) is 0 Å². The minimum atomic E-state index is -0.716. The van der Waals surface area contributed by atoms with Gasteiger partial charge in [-0.1, -0.05) is 24.3 Å². The molecule has 2 N–H and O–H groups in total. The van der Waals surface area contributed by atoms with Crippen LogP contribution in [0.2, 0.25) is 0 Å². The zero-order valence-corrected chi connectivity index (χ0v) is 10.9. The van der Waals surface area contributed by atoms with Crippen LogP contribution in [0.3, 0.4) is 0 Å². The summed E-state index contributed by atoms with van der Waals surface area (Å²) in [6, 6.07) is 7.79. The van der Waals surface area contributed by atoms with E-state index in [2.05, 4.69) is 0 Å². The van der Waals surface area contributed by atoms with Crippen molar-refractivity contribution in [3.05, 3.63) is 35.4 Å². The highest BCUT2D eigenvalue weighted by molar-refractivity contribution is 5.84. The van der Waals surface area contributed by atoms with Gasteiger partial charge in [0.25, 0.3) is 0 Å². The van der Waals surface area contributed by atoms with Crippen molar-refractivity contribution in [1.82, 2.24) is 0 Å². The maximum Gasteiger partial charge on any atom is 0.314 e. The summed E-state index contributed by atoms with van der Waals surface area (Å²) in [4.78, 5) is 11.2. The van der Waals surface area contributed by atoms with Gasteiger partial charge in [-0.3, -0.25) is 4.79 Å². The Morgan fingerprint density at radius 2 is 1.83 bits per heavy atom. The topological polar surface area (TPSA) is 57.5 Å². The maximum absolute atomic E-state index is 11.2. The number of rotatable bonds is 5. The third-order valence-corrected chi connectivity index (χ3v) is 3.69. The van der Waals surface area contributed by atoms with Crippen molar-refractivity contribution >= 4 is 5.97 Å². The standard InChI is InChI=1S/C15H20O3/c1-14(2,18)8-7-11-3-5-12(6-4-11)15(9-10-15)13(16)17/h3-6,18H,7-10H2,1-2H3,(H,16,17). The molecule has 0 heterocycles. The molecule has 1 aliphatic carbocycles. The molecule has 3 heteroatoms. The number of benzene rings is 1. The Balaban J connectivity index is 2.05. The number of hydrogen-bond donors (Lipinski definition) is 2. The molecule has 0 atom stereocenters. The summed E-state index contributed by atoms with van der Waals surface area (Å²) in [5.41, 5.74) is 0.774. The van der Waals surface area contributed by atoms with E-state index in [0.717, 1.165) is 30.4 Å². The van der Waals surface area contributed by atoms with Crippen molar-refractivity contribution in [3.63, 3.8) is 0 Å². The molecule has 1 aromatic rings. The van der Waals surface area contributed by atoms with E-state index >= 15 is 0 Å². The van der Waals surface area contributed by atoms with Crippen molar-refractivity contribution in [3.8, 4) is 0 Å². The van der Waals surface area contributed by atoms with Crippen LogP contribution in [-0.4, -0.2) is 21.8 Å². The zero-order chi connectivity index (χ0) is 13.4. The fourth-order valence-corrected chi connectivity index (χ4v) is 2.19. The van der Waals surface area contributed by atoms with Gasteiger partial charge in [0.05, 0.1) is 11.0 Å². The molecule has 1 fully saturated rings. The lowest BCUT2D eigenvalue weighted by atomic mass is 9.93. The lowest BCUT2D eigenvalue weighted by Crippen LogP contribution is -2.20. The van der Waals surface area contributed by atoms with E-state index in [1.165, 1.54) is 0 Å². The summed E-state index contributed by atoms with van der Waals surface area (Å²) in [6.45, 7) is 3.59. The van der Waals surface area contributed by atoms with Gasteiger partial charge in [0.15, 0.2) is 0 Å². The Bertz CT molecular complexity index is 436. The van der Waals surface area contributed by atoms with Gasteiger partial charge in [0.2, 0.25) is 0 Å². The molecule has 0 saturated heterocycles. The zero-order valence-electron chi connectivity index (χ0n) is 10.9. The van der Waals surface area contributed by atoms with Crippen LogP contribution < -0.4 is 0 Å². The number of aryl methyl sites for hydroxylation is 1. The van der Waals surface area contributed by atoms with Gasteiger partial charge in [0, 0.05) is 0 Å². The summed E-state index contributed by atoms with van der Waals surface area (Å²) in [5, 5.41) is 18.9. The molecule has 2 rings (SSSR count). The molecule has 0 spiro atoms. The fraction of sp³-hybridized carbons (Fsp3) is 0.533. The van der Waals surface area contributed by atoms with Crippen molar-refractivity contribution in [2.24, 2.45) is 0 Å². The summed E-state index contributed by atoms with van der Waals surface area (Å²) in [5.74, 6) is -0.716. The average molecular weight is 248 g/mol. The van der Waals surface area contributed by atoms with Crippen LogP contribution in [0.25, 0.3) is 0 Å². The Morgan fingerprint density at radius 1 is 1.28 bits per heavy atom. The van der Waals surface area contributed by atoms with Crippen LogP contribution in [0, 0.1) is 0 Å². The van der Waals surface area contributed by atoms with E-state index in [1.807, 2.05) is 24.3 Å². The Morgan fingerprint density at radius 3 is 2.22 bits per heavy atom. The first-order chi connectivity index (χ1) is 8.33. The second-order valence-corrected chi connectivity index (χ2v) is 5.90. The highest BCUT2D eigenvalue weighted by Gasteiger charge is 2.51. The first kappa shape index (κ1) is 13.1. The van der Waals surface area contributed by atoms with Crippen molar-refractivity contribution in [1.29, 1.82) is 0 Å². The number of aliphatic carboxylic acids is 1. The highest BCUT2D eigenvalue weighted by atomic mass is 16.4. The number of carbonyl (C=O) groups is 1. The molecule has 18 heavy (non-hydrogen) atoms. The van der Waals surface area contributed by atoms with Crippen molar-refractivity contribution in [2.75, 3.05) is 0 Å². The Hall–Kier alpha value is -1.35. The Labute approximate surface area is 107 Å². The molecule has 0 aliphatic heterocycles. The molecule has 1 saturated carbocycles. The molecule has 0 radical (unpaired) electrons. The molecule has 0 amide bonds. The second kappa shape index (κ2) is 4.39. The van der Waals surface area contributed by atoms with Gasteiger partial charge in [-0.15, -0.1) is 0 Å². The van der Waals surface area contributed by atoms with Gasteiger partial charge in [-0.25, -0.2) is 0 Å². The van der Waals surface area contributed by atoms with E-state index in [0.29, 0.717) is 6.42 Å². The third kappa shape index (κ3) is 2.72. The number of carboxylic acids is 1. The molecule has 0 unspecified atom stereocenters. The first-order valence-electron chi connectivity index (χ1n) is 6.39. The minimum Gasteiger partial charge on any atom is -0.481 e. The molecular formula is C15H20O3. The monoisotopic (exact) mass is 248 g/mol. The van der Waals surface area contributed by atoms with Gasteiger partial charge in [-0.2, -0.15) is 0 Å². The molecular weight excluding hydrogens is 228 g/mol. The molecule has 1 aromatic carbocycles. The summed E-state index contributed by atoms with van der Waals surface area (Å²) in [7, 11) is 0. The lowest BCUT2D eigenvalue weighted by molar-refractivity contribution is -0.140. The lowest BCUT2D eigenvalue weighted by Gasteiger charge is -2.17. The molecule has 98 valence electrons. The Kier molecular flexibility index (Phi) is 3.20. The van der Waals surface area contributed by atoms with Crippen molar-refractivity contribution in [2.45, 2.75) is 50.5 Å². The van der Waals surface area contributed by atoms with E-state index < -0.39 is 17.0 Å².